The van der Waals surface area contributed by atoms with Crippen molar-refractivity contribution in [2.24, 2.45) is 11.3 Å². The lowest BCUT2D eigenvalue weighted by atomic mass is 9.64. The zero-order chi connectivity index (χ0) is 22.1. The second-order valence-corrected chi connectivity index (χ2v) is 9.47. The summed E-state index contributed by atoms with van der Waals surface area (Å²) in [6, 6.07) is 12.0. The lowest BCUT2D eigenvalue weighted by Gasteiger charge is -2.41. The Morgan fingerprint density at radius 1 is 1.13 bits per heavy atom. The first-order valence-electron chi connectivity index (χ1n) is 11.0. The van der Waals surface area contributed by atoms with Crippen molar-refractivity contribution in [3.05, 3.63) is 63.9 Å². The van der Waals surface area contributed by atoms with Crippen molar-refractivity contribution >= 4 is 23.0 Å². The number of halogens is 1. The third kappa shape index (κ3) is 4.21. The first-order valence-corrected chi connectivity index (χ1v) is 11.4. The van der Waals surface area contributed by atoms with Crippen molar-refractivity contribution in [3.63, 3.8) is 0 Å². The third-order valence-electron chi connectivity index (χ3n) is 7.02. The van der Waals surface area contributed by atoms with Crippen LogP contribution in [0.15, 0.2) is 42.2 Å². The number of ketones is 1. The molecule has 1 aliphatic carbocycles. The Hall–Kier alpha value is -2.06. The minimum atomic E-state index is -0.344. The van der Waals surface area contributed by atoms with Gasteiger partial charge in [-0.2, -0.15) is 0 Å². The summed E-state index contributed by atoms with van der Waals surface area (Å²) in [5.41, 5.74) is 5.27. The topological polar surface area (TPSA) is 37.3 Å². The van der Waals surface area contributed by atoms with Crippen molar-refractivity contribution < 1.29 is 9.90 Å². The number of Topliss-reactive ketones (excluding diaryl/α,β-unsaturated/α-hetero) is 1. The number of benzene rings is 2. The zero-order valence-corrected chi connectivity index (χ0v) is 19.6. The maximum absolute atomic E-state index is 12.8. The average Bonchev–Trinajstić information content (AvgIpc) is 2.71. The number of carbonyl (C=O) groups is 1. The third-order valence-corrected chi connectivity index (χ3v) is 7.27. The average molecular weight is 425 g/mol. The van der Waals surface area contributed by atoms with E-state index in [0.717, 1.165) is 53.5 Å². The number of aryl methyl sites for hydroxylation is 2. The van der Waals surface area contributed by atoms with Crippen molar-refractivity contribution in [1.29, 1.82) is 0 Å². The van der Waals surface area contributed by atoms with E-state index < -0.39 is 0 Å². The zero-order valence-electron chi connectivity index (χ0n) is 18.8. The normalized spacial score (nSPS) is 22.5. The number of rotatable bonds is 5. The summed E-state index contributed by atoms with van der Waals surface area (Å²) < 4.78 is 0. The molecule has 0 heterocycles. The van der Waals surface area contributed by atoms with E-state index in [-0.39, 0.29) is 17.0 Å². The number of aliphatic hydroxyl groups is 1. The number of aliphatic hydroxyl groups excluding tert-OH is 1. The fraction of sp³-hybridized carbons (Fsp3) is 0.444. The van der Waals surface area contributed by atoms with E-state index in [4.69, 9.17) is 11.6 Å². The minimum absolute atomic E-state index is 0.0732. The van der Waals surface area contributed by atoms with Gasteiger partial charge in [0.05, 0.1) is 5.57 Å². The molecule has 3 heteroatoms. The Morgan fingerprint density at radius 3 is 2.40 bits per heavy atom. The summed E-state index contributed by atoms with van der Waals surface area (Å²) in [5, 5.41) is 12.2. The van der Waals surface area contributed by atoms with Crippen LogP contribution in [-0.2, 0) is 4.79 Å². The van der Waals surface area contributed by atoms with Gasteiger partial charge >= 0.3 is 0 Å². The predicted molar refractivity (Wildman–Crippen MR) is 127 cm³/mol. The van der Waals surface area contributed by atoms with Crippen LogP contribution >= 0.6 is 11.6 Å². The summed E-state index contributed by atoms with van der Waals surface area (Å²) in [4.78, 5) is 12.8. The largest absolute Gasteiger partial charge is 0.511 e. The van der Waals surface area contributed by atoms with Gasteiger partial charge in [-0.1, -0.05) is 69.0 Å². The highest BCUT2D eigenvalue weighted by Crippen LogP contribution is 2.49. The highest BCUT2D eigenvalue weighted by molar-refractivity contribution is 6.30. The van der Waals surface area contributed by atoms with Gasteiger partial charge in [0, 0.05) is 10.4 Å². The van der Waals surface area contributed by atoms with E-state index in [1.54, 1.807) is 6.92 Å². The van der Waals surface area contributed by atoms with Crippen LogP contribution in [0.2, 0.25) is 5.02 Å². The summed E-state index contributed by atoms with van der Waals surface area (Å²) in [6.07, 6.45) is 5.34. The van der Waals surface area contributed by atoms with Gasteiger partial charge in [0.15, 0.2) is 5.78 Å². The number of carbonyl (C=O) groups excluding carboxylic acids is 1. The molecule has 2 aromatic rings. The Morgan fingerprint density at radius 2 is 1.80 bits per heavy atom. The second-order valence-electron chi connectivity index (χ2n) is 9.04. The maximum atomic E-state index is 12.8. The first-order chi connectivity index (χ1) is 14.2. The van der Waals surface area contributed by atoms with Crippen molar-refractivity contribution in [2.45, 2.75) is 66.7 Å². The predicted octanol–water partition coefficient (Wildman–Crippen LogP) is 8.09. The Bertz CT molecular complexity index is 971. The quantitative estimate of drug-likeness (QED) is 0.389. The van der Waals surface area contributed by atoms with E-state index >= 15 is 0 Å². The molecule has 1 aliphatic rings. The Labute approximate surface area is 186 Å². The lowest BCUT2D eigenvalue weighted by Crippen LogP contribution is -2.34. The lowest BCUT2D eigenvalue weighted by molar-refractivity contribution is -0.112. The van der Waals surface area contributed by atoms with Gasteiger partial charge in [-0.15, -0.1) is 0 Å². The number of hydrogen-bond donors (Lipinski definition) is 1. The Kier molecular flexibility index (Phi) is 6.77. The molecule has 0 bridgehead atoms. The maximum Gasteiger partial charge on any atom is 0.163 e. The van der Waals surface area contributed by atoms with Crippen LogP contribution in [0.5, 0.6) is 0 Å². The van der Waals surface area contributed by atoms with Gasteiger partial charge in [-0.25, -0.2) is 0 Å². The van der Waals surface area contributed by atoms with Crippen LogP contribution in [0.1, 0.15) is 69.6 Å². The standard InChI is InChI=1S/C27H33ClO2/c1-6-21-9-7-8-14-27(21,5)26(30)25(19(4)29)24-16-17(2)23(15-18(24)3)20-10-12-22(28)13-11-20/h10-13,15-16,21,30H,6-9,14H2,1-5H3/b26-25-. The molecule has 2 atom stereocenters. The van der Waals surface area contributed by atoms with E-state index in [1.165, 1.54) is 6.42 Å². The van der Waals surface area contributed by atoms with Crippen LogP contribution in [0.4, 0.5) is 0 Å². The highest BCUT2D eigenvalue weighted by atomic mass is 35.5. The molecule has 2 unspecified atom stereocenters. The van der Waals surface area contributed by atoms with Gasteiger partial charge in [0.25, 0.3) is 0 Å². The molecular formula is C27H33ClO2. The van der Waals surface area contributed by atoms with E-state index in [2.05, 4.69) is 32.9 Å². The van der Waals surface area contributed by atoms with Gasteiger partial charge < -0.3 is 5.11 Å². The van der Waals surface area contributed by atoms with E-state index in [9.17, 15) is 9.90 Å². The Balaban J connectivity index is 2.15. The summed E-state index contributed by atoms with van der Waals surface area (Å²) in [6.45, 7) is 9.97. The number of hydrogen-bond acceptors (Lipinski definition) is 2. The SMILES string of the molecule is CCC1CCCCC1(C)/C(O)=C(\C(C)=O)c1cc(C)c(-c2ccc(Cl)cc2)cc1C. The smallest absolute Gasteiger partial charge is 0.163 e. The first kappa shape index (κ1) is 22.6. The molecule has 2 nitrogen and oxygen atoms in total. The molecule has 0 aromatic heterocycles. The summed E-state index contributed by atoms with van der Waals surface area (Å²) >= 11 is 6.05. The highest BCUT2D eigenvalue weighted by Gasteiger charge is 2.41. The molecule has 3 rings (SSSR count). The van der Waals surface area contributed by atoms with Gasteiger partial charge in [-0.3, -0.25) is 4.79 Å². The summed E-state index contributed by atoms with van der Waals surface area (Å²) in [5.74, 6) is 0.606. The van der Waals surface area contributed by atoms with Gasteiger partial charge in [0.2, 0.25) is 0 Å². The molecule has 1 fully saturated rings. The molecule has 30 heavy (non-hydrogen) atoms. The van der Waals surface area contributed by atoms with Crippen LogP contribution in [0.25, 0.3) is 16.7 Å². The molecule has 0 radical (unpaired) electrons. The minimum Gasteiger partial charge on any atom is -0.511 e. The van der Waals surface area contributed by atoms with Gasteiger partial charge in [-0.05, 0) is 79.5 Å². The van der Waals surface area contributed by atoms with Crippen molar-refractivity contribution in [2.75, 3.05) is 0 Å². The van der Waals surface area contributed by atoms with Crippen LogP contribution in [0.3, 0.4) is 0 Å². The van der Waals surface area contributed by atoms with Crippen LogP contribution in [0, 0.1) is 25.2 Å². The fourth-order valence-corrected chi connectivity index (χ4v) is 5.29. The van der Waals surface area contributed by atoms with E-state index in [1.807, 2.05) is 31.2 Å². The molecule has 1 saturated carbocycles. The van der Waals surface area contributed by atoms with Crippen LogP contribution in [-0.4, -0.2) is 10.9 Å². The molecular weight excluding hydrogens is 392 g/mol. The fourth-order valence-electron chi connectivity index (χ4n) is 5.17. The molecule has 0 spiro atoms. The van der Waals surface area contributed by atoms with Crippen LogP contribution < -0.4 is 0 Å². The second kappa shape index (κ2) is 8.98. The molecule has 0 amide bonds. The van der Waals surface area contributed by atoms with Gasteiger partial charge in [0.1, 0.15) is 5.76 Å². The number of allylic oxidation sites excluding steroid dienone is 2. The van der Waals surface area contributed by atoms with Crippen molar-refractivity contribution in [3.8, 4) is 11.1 Å². The van der Waals surface area contributed by atoms with Crippen molar-refractivity contribution in [1.82, 2.24) is 0 Å². The molecule has 0 saturated heterocycles. The monoisotopic (exact) mass is 424 g/mol. The molecule has 160 valence electrons. The van der Waals surface area contributed by atoms with E-state index in [0.29, 0.717) is 16.5 Å². The molecule has 1 N–H and O–H groups in total. The summed E-state index contributed by atoms with van der Waals surface area (Å²) in [7, 11) is 0. The molecule has 2 aromatic carbocycles. The molecule has 0 aliphatic heterocycles.